The number of aryl methyl sites for hydroxylation is 1. The summed E-state index contributed by atoms with van der Waals surface area (Å²) in [6, 6.07) is 13.4. The van der Waals surface area contributed by atoms with Crippen LogP contribution in [0.3, 0.4) is 0 Å². The van der Waals surface area contributed by atoms with Crippen molar-refractivity contribution in [2.45, 2.75) is 13.5 Å². The summed E-state index contributed by atoms with van der Waals surface area (Å²) < 4.78 is 10.5. The molecular formula is C18H18N2O4. The summed E-state index contributed by atoms with van der Waals surface area (Å²) in [5.74, 6) is 1.17. The molecule has 0 aromatic heterocycles. The van der Waals surface area contributed by atoms with Gasteiger partial charge in [0.25, 0.3) is 5.91 Å². The average molecular weight is 326 g/mol. The maximum Gasteiger partial charge on any atom is 0.261 e. The quantitative estimate of drug-likeness (QED) is 0.654. The number of ether oxygens (including phenoxy) is 2. The van der Waals surface area contributed by atoms with Gasteiger partial charge in [0.1, 0.15) is 0 Å². The number of hydrogen-bond donors (Lipinski definition) is 1. The van der Waals surface area contributed by atoms with Crippen LogP contribution in [0.1, 0.15) is 16.7 Å². The number of oxime groups is 1. The lowest BCUT2D eigenvalue weighted by molar-refractivity contribution is -0.125. The van der Waals surface area contributed by atoms with Crippen molar-refractivity contribution in [3.8, 4) is 11.5 Å². The van der Waals surface area contributed by atoms with Crippen LogP contribution in [0.2, 0.25) is 0 Å². The number of fused-ring (bicyclic) bond motifs is 1. The van der Waals surface area contributed by atoms with Gasteiger partial charge in [0, 0.05) is 6.54 Å². The molecule has 0 fully saturated rings. The highest BCUT2D eigenvalue weighted by Crippen LogP contribution is 2.32. The van der Waals surface area contributed by atoms with E-state index in [9.17, 15) is 4.79 Å². The van der Waals surface area contributed by atoms with Crippen LogP contribution in [0.15, 0.2) is 47.6 Å². The first kappa shape index (κ1) is 15.9. The Bertz CT molecular complexity index is 741. The molecule has 6 heteroatoms. The summed E-state index contributed by atoms with van der Waals surface area (Å²) in [5.41, 5.74) is 3.02. The van der Waals surface area contributed by atoms with Gasteiger partial charge in [-0.25, -0.2) is 0 Å². The third kappa shape index (κ3) is 4.25. The van der Waals surface area contributed by atoms with Gasteiger partial charge in [0.15, 0.2) is 18.1 Å². The van der Waals surface area contributed by atoms with Crippen molar-refractivity contribution in [3.63, 3.8) is 0 Å². The molecule has 1 amide bonds. The summed E-state index contributed by atoms with van der Waals surface area (Å²) in [6.45, 7) is 2.51. The summed E-state index contributed by atoms with van der Waals surface area (Å²) >= 11 is 0. The molecule has 124 valence electrons. The van der Waals surface area contributed by atoms with Gasteiger partial charge in [0.2, 0.25) is 6.79 Å². The van der Waals surface area contributed by atoms with E-state index in [1.54, 1.807) is 6.21 Å². The number of amides is 1. The van der Waals surface area contributed by atoms with E-state index >= 15 is 0 Å². The van der Waals surface area contributed by atoms with Crippen molar-refractivity contribution in [2.75, 3.05) is 13.4 Å². The van der Waals surface area contributed by atoms with Crippen molar-refractivity contribution >= 4 is 12.1 Å². The Kier molecular flexibility index (Phi) is 4.96. The Balaban J connectivity index is 1.40. The fourth-order valence-corrected chi connectivity index (χ4v) is 2.15. The molecule has 0 saturated heterocycles. The van der Waals surface area contributed by atoms with E-state index in [0.29, 0.717) is 12.3 Å². The second kappa shape index (κ2) is 7.50. The zero-order valence-electron chi connectivity index (χ0n) is 13.3. The molecule has 2 aromatic rings. The predicted octanol–water partition coefficient (Wildman–Crippen LogP) is 2.39. The largest absolute Gasteiger partial charge is 0.454 e. The molecule has 0 spiro atoms. The first-order valence-corrected chi connectivity index (χ1v) is 7.58. The number of rotatable bonds is 6. The van der Waals surface area contributed by atoms with Crippen molar-refractivity contribution in [3.05, 3.63) is 59.2 Å². The summed E-state index contributed by atoms with van der Waals surface area (Å²) in [4.78, 5) is 16.7. The number of carbonyl (C=O) groups excluding carboxylic acids is 1. The molecular weight excluding hydrogens is 308 g/mol. The van der Waals surface area contributed by atoms with Gasteiger partial charge >= 0.3 is 0 Å². The van der Waals surface area contributed by atoms with Crippen LogP contribution in [0.5, 0.6) is 11.5 Å². The third-order valence-corrected chi connectivity index (χ3v) is 3.48. The molecule has 3 rings (SSSR count). The summed E-state index contributed by atoms with van der Waals surface area (Å²) in [7, 11) is 0. The highest BCUT2D eigenvalue weighted by atomic mass is 16.7. The predicted molar refractivity (Wildman–Crippen MR) is 89.1 cm³/mol. The van der Waals surface area contributed by atoms with E-state index in [2.05, 4.69) is 10.5 Å². The lowest BCUT2D eigenvalue weighted by Crippen LogP contribution is -2.26. The molecule has 0 unspecified atom stereocenters. The SMILES string of the molecule is Cc1ccc(/C=N\OCC(=O)NCc2ccc3c(c2)OCO3)cc1. The Morgan fingerprint density at radius 1 is 1.21 bits per heavy atom. The highest BCUT2D eigenvalue weighted by Gasteiger charge is 2.13. The van der Waals surface area contributed by atoms with Crippen LogP contribution in [0.25, 0.3) is 0 Å². The fraction of sp³-hybridized carbons (Fsp3) is 0.222. The second-order valence-corrected chi connectivity index (χ2v) is 5.38. The molecule has 1 N–H and O–H groups in total. The number of nitrogens with one attached hydrogen (secondary N) is 1. The molecule has 0 atom stereocenters. The summed E-state index contributed by atoms with van der Waals surface area (Å²) in [6.07, 6.45) is 1.57. The highest BCUT2D eigenvalue weighted by molar-refractivity contribution is 5.79. The Morgan fingerprint density at radius 2 is 2.00 bits per heavy atom. The van der Waals surface area contributed by atoms with Crippen molar-refractivity contribution in [1.29, 1.82) is 0 Å². The number of benzene rings is 2. The number of carbonyl (C=O) groups is 1. The van der Waals surface area contributed by atoms with Gasteiger partial charge < -0.3 is 19.6 Å². The van der Waals surface area contributed by atoms with Gasteiger partial charge in [-0.3, -0.25) is 4.79 Å². The topological polar surface area (TPSA) is 69.2 Å². The molecule has 1 aliphatic heterocycles. The second-order valence-electron chi connectivity index (χ2n) is 5.38. The smallest absolute Gasteiger partial charge is 0.261 e. The Labute approximate surface area is 140 Å². The molecule has 0 aliphatic carbocycles. The number of hydrogen-bond acceptors (Lipinski definition) is 5. The van der Waals surface area contributed by atoms with Crippen molar-refractivity contribution in [1.82, 2.24) is 5.32 Å². The molecule has 0 radical (unpaired) electrons. The molecule has 2 aromatic carbocycles. The van der Waals surface area contributed by atoms with E-state index in [1.807, 2.05) is 49.4 Å². The maximum absolute atomic E-state index is 11.7. The van der Waals surface area contributed by atoms with Crippen LogP contribution in [0, 0.1) is 6.92 Å². The van der Waals surface area contributed by atoms with Crippen LogP contribution in [0.4, 0.5) is 0 Å². The van der Waals surface area contributed by atoms with Gasteiger partial charge in [-0.15, -0.1) is 0 Å². The normalized spacial score (nSPS) is 12.4. The fourth-order valence-electron chi connectivity index (χ4n) is 2.15. The first-order chi connectivity index (χ1) is 11.7. The van der Waals surface area contributed by atoms with E-state index in [1.165, 1.54) is 5.56 Å². The zero-order chi connectivity index (χ0) is 16.8. The lowest BCUT2D eigenvalue weighted by Gasteiger charge is -2.05. The van der Waals surface area contributed by atoms with Gasteiger partial charge in [-0.1, -0.05) is 41.1 Å². The molecule has 24 heavy (non-hydrogen) atoms. The van der Waals surface area contributed by atoms with Gasteiger partial charge in [-0.2, -0.15) is 0 Å². The minimum Gasteiger partial charge on any atom is -0.454 e. The van der Waals surface area contributed by atoms with Crippen molar-refractivity contribution in [2.24, 2.45) is 5.16 Å². The van der Waals surface area contributed by atoms with E-state index < -0.39 is 0 Å². The molecule has 1 heterocycles. The number of nitrogens with zero attached hydrogens (tertiary/aromatic N) is 1. The molecule has 0 bridgehead atoms. The minimum absolute atomic E-state index is 0.132. The van der Waals surface area contributed by atoms with E-state index in [-0.39, 0.29) is 19.3 Å². The van der Waals surface area contributed by atoms with Gasteiger partial charge in [-0.05, 0) is 30.2 Å². The zero-order valence-corrected chi connectivity index (χ0v) is 13.3. The van der Waals surface area contributed by atoms with Crippen LogP contribution >= 0.6 is 0 Å². The van der Waals surface area contributed by atoms with Gasteiger partial charge in [0.05, 0.1) is 6.21 Å². The average Bonchev–Trinajstić information content (AvgIpc) is 3.06. The summed E-state index contributed by atoms with van der Waals surface area (Å²) in [5, 5.41) is 6.55. The molecule has 1 aliphatic rings. The van der Waals surface area contributed by atoms with Crippen LogP contribution < -0.4 is 14.8 Å². The molecule has 0 saturated carbocycles. The maximum atomic E-state index is 11.7. The monoisotopic (exact) mass is 326 g/mol. The third-order valence-electron chi connectivity index (χ3n) is 3.48. The van der Waals surface area contributed by atoms with Crippen LogP contribution in [-0.4, -0.2) is 25.5 Å². The standard InChI is InChI=1S/C18H18N2O4/c1-13-2-4-14(5-3-13)10-20-24-11-18(21)19-9-15-6-7-16-17(8-15)23-12-22-16/h2-8,10H,9,11-12H2,1H3,(H,19,21)/b20-10-. The lowest BCUT2D eigenvalue weighted by atomic mass is 10.2. The molecule has 6 nitrogen and oxygen atoms in total. The minimum atomic E-state index is -0.242. The Morgan fingerprint density at radius 3 is 2.83 bits per heavy atom. The van der Waals surface area contributed by atoms with Crippen LogP contribution in [-0.2, 0) is 16.2 Å². The Hall–Kier alpha value is -3.02. The first-order valence-electron chi connectivity index (χ1n) is 7.58. The van der Waals surface area contributed by atoms with Crippen molar-refractivity contribution < 1.29 is 19.1 Å². The van der Waals surface area contributed by atoms with E-state index in [0.717, 1.165) is 16.9 Å². The van der Waals surface area contributed by atoms with E-state index in [4.69, 9.17) is 14.3 Å².